The smallest absolute Gasteiger partial charge is 0.240 e. The van der Waals surface area contributed by atoms with Crippen molar-refractivity contribution in [2.75, 3.05) is 26.2 Å². The van der Waals surface area contributed by atoms with Crippen molar-refractivity contribution in [3.05, 3.63) is 29.8 Å². The highest BCUT2D eigenvalue weighted by molar-refractivity contribution is 7.89. The number of hydrogen-bond donors (Lipinski definition) is 2. The summed E-state index contributed by atoms with van der Waals surface area (Å²) in [6.45, 7) is 3.19. The van der Waals surface area contributed by atoms with Crippen LogP contribution in [0, 0.1) is 17.2 Å². The van der Waals surface area contributed by atoms with Crippen LogP contribution in [0.1, 0.15) is 31.2 Å². The third kappa shape index (κ3) is 4.41. The zero-order valence-corrected chi connectivity index (χ0v) is 15.5. The van der Waals surface area contributed by atoms with Gasteiger partial charge in [0.1, 0.15) is 0 Å². The van der Waals surface area contributed by atoms with Crippen LogP contribution in [0.5, 0.6) is 0 Å². The first-order chi connectivity index (χ1) is 12.5. The van der Waals surface area contributed by atoms with Crippen molar-refractivity contribution >= 4 is 15.9 Å². The summed E-state index contributed by atoms with van der Waals surface area (Å²) in [5.41, 5.74) is 0.427. The second-order valence-corrected chi connectivity index (χ2v) is 8.60. The topological polar surface area (TPSA) is 102 Å². The molecule has 1 aliphatic carbocycles. The molecule has 2 aliphatic rings. The predicted octanol–water partition coefficient (Wildman–Crippen LogP) is 0.827. The van der Waals surface area contributed by atoms with E-state index in [9.17, 15) is 13.2 Å². The number of sulfonamides is 1. The first-order valence-corrected chi connectivity index (χ1v) is 10.5. The van der Waals surface area contributed by atoms with Crippen molar-refractivity contribution in [2.24, 2.45) is 5.92 Å². The van der Waals surface area contributed by atoms with Crippen LogP contribution in [0.2, 0.25) is 0 Å². The van der Waals surface area contributed by atoms with Gasteiger partial charge in [0, 0.05) is 38.1 Å². The van der Waals surface area contributed by atoms with Gasteiger partial charge >= 0.3 is 0 Å². The van der Waals surface area contributed by atoms with Gasteiger partial charge in [-0.2, -0.15) is 5.26 Å². The molecule has 1 amide bonds. The van der Waals surface area contributed by atoms with Gasteiger partial charge in [0.15, 0.2) is 0 Å². The van der Waals surface area contributed by atoms with E-state index in [1.807, 2.05) is 11.0 Å². The minimum atomic E-state index is -3.61. The molecule has 0 atom stereocenters. The van der Waals surface area contributed by atoms with Crippen molar-refractivity contribution in [1.29, 1.82) is 5.26 Å². The van der Waals surface area contributed by atoms with Crippen molar-refractivity contribution in [3.8, 4) is 6.07 Å². The number of carbonyl (C=O) groups is 1. The van der Waals surface area contributed by atoms with Crippen LogP contribution in [0.3, 0.4) is 0 Å². The third-order valence-corrected chi connectivity index (χ3v) is 6.66. The Balaban J connectivity index is 1.54. The number of carbonyl (C=O) groups excluding carboxylic acids is 1. The van der Waals surface area contributed by atoms with Crippen LogP contribution in [0.25, 0.3) is 0 Å². The van der Waals surface area contributed by atoms with E-state index in [1.54, 1.807) is 0 Å². The number of benzene rings is 1. The normalized spacial score (nSPS) is 24.0. The molecule has 0 radical (unpaired) electrons. The molecule has 2 N–H and O–H groups in total. The molecule has 2 fully saturated rings. The number of nitriles is 1. The number of amides is 1. The van der Waals surface area contributed by atoms with E-state index < -0.39 is 10.0 Å². The van der Waals surface area contributed by atoms with Crippen LogP contribution in [0.4, 0.5) is 0 Å². The van der Waals surface area contributed by atoms with Crippen molar-refractivity contribution in [2.45, 2.75) is 36.6 Å². The Bertz CT molecular complexity index is 772. The molecule has 0 bridgehead atoms. The minimum absolute atomic E-state index is 0.00349. The van der Waals surface area contributed by atoms with Crippen molar-refractivity contribution in [3.63, 3.8) is 0 Å². The van der Waals surface area contributed by atoms with Gasteiger partial charge in [-0.25, -0.2) is 13.1 Å². The zero-order valence-electron chi connectivity index (χ0n) is 14.6. The highest BCUT2D eigenvalue weighted by Crippen LogP contribution is 2.27. The van der Waals surface area contributed by atoms with E-state index >= 15 is 0 Å². The molecule has 1 aromatic carbocycles. The molecule has 1 saturated carbocycles. The summed E-state index contributed by atoms with van der Waals surface area (Å²) in [7, 11) is -3.61. The molecular formula is C18H24N4O3S. The lowest BCUT2D eigenvalue weighted by molar-refractivity contribution is -0.137. The van der Waals surface area contributed by atoms with E-state index in [1.165, 1.54) is 24.3 Å². The highest BCUT2D eigenvalue weighted by atomic mass is 32.2. The maximum absolute atomic E-state index is 12.6. The molecule has 0 unspecified atom stereocenters. The standard InChI is InChI=1S/C18H24N4O3S/c19-13-14-1-7-17(8-2-14)26(24,25)21-16-5-3-15(4-6-16)18(23)22-11-9-20-10-12-22/h1-2,7-8,15-16,20-21H,3-6,9-12H2. The largest absolute Gasteiger partial charge is 0.340 e. The molecule has 1 aliphatic heterocycles. The second-order valence-electron chi connectivity index (χ2n) is 6.88. The summed E-state index contributed by atoms with van der Waals surface area (Å²) in [5.74, 6) is 0.212. The Kier molecular flexibility index (Phi) is 5.91. The van der Waals surface area contributed by atoms with Gasteiger partial charge in [-0.1, -0.05) is 0 Å². The van der Waals surface area contributed by atoms with Crippen molar-refractivity contribution in [1.82, 2.24) is 14.9 Å². The van der Waals surface area contributed by atoms with Gasteiger partial charge in [-0.3, -0.25) is 4.79 Å². The number of piperazine rings is 1. The summed E-state index contributed by atoms with van der Waals surface area (Å²) in [5, 5.41) is 12.0. The van der Waals surface area contributed by atoms with Crippen LogP contribution in [-0.4, -0.2) is 51.4 Å². The Morgan fingerprint density at radius 1 is 1.12 bits per heavy atom. The van der Waals surface area contributed by atoms with E-state index in [0.717, 1.165) is 26.2 Å². The van der Waals surface area contributed by atoms with Gasteiger partial charge in [-0.15, -0.1) is 0 Å². The SMILES string of the molecule is N#Cc1ccc(S(=O)(=O)NC2CCC(C(=O)N3CCNCC3)CC2)cc1. The lowest BCUT2D eigenvalue weighted by Crippen LogP contribution is -2.49. The number of rotatable bonds is 4. The maximum atomic E-state index is 12.6. The first kappa shape index (κ1) is 18.8. The van der Waals surface area contributed by atoms with Gasteiger partial charge in [0.25, 0.3) is 0 Å². The Labute approximate surface area is 154 Å². The fourth-order valence-electron chi connectivity index (χ4n) is 3.60. The summed E-state index contributed by atoms with van der Waals surface area (Å²) in [6.07, 6.45) is 2.75. The van der Waals surface area contributed by atoms with Gasteiger partial charge in [0.05, 0.1) is 16.5 Å². The third-order valence-electron chi connectivity index (χ3n) is 5.12. The molecule has 1 saturated heterocycles. The maximum Gasteiger partial charge on any atom is 0.240 e. The molecule has 26 heavy (non-hydrogen) atoms. The molecule has 8 heteroatoms. The van der Waals surface area contributed by atoms with Crippen molar-refractivity contribution < 1.29 is 13.2 Å². The van der Waals surface area contributed by atoms with Gasteiger partial charge in [-0.05, 0) is 49.9 Å². The van der Waals surface area contributed by atoms with Gasteiger partial charge < -0.3 is 10.2 Å². The molecule has 0 spiro atoms. The molecule has 140 valence electrons. The van der Waals surface area contributed by atoms with Crippen LogP contribution in [0.15, 0.2) is 29.2 Å². The van der Waals surface area contributed by atoms with Crippen LogP contribution in [-0.2, 0) is 14.8 Å². The molecule has 1 aromatic rings. The number of nitrogens with zero attached hydrogens (tertiary/aromatic N) is 2. The fourth-order valence-corrected chi connectivity index (χ4v) is 4.90. The predicted molar refractivity (Wildman–Crippen MR) is 96.7 cm³/mol. The molecule has 1 heterocycles. The molecule has 3 rings (SSSR count). The quantitative estimate of drug-likeness (QED) is 0.810. The zero-order chi connectivity index (χ0) is 18.6. The number of hydrogen-bond acceptors (Lipinski definition) is 5. The molecule has 0 aromatic heterocycles. The van der Waals surface area contributed by atoms with Gasteiger partial charge in [0.2, 0.25) is 15.9 Å². The Morgan fingerprint density at radius 3 is 2.31 bits per heavy atom. The van der Waals surface area contributed by atoms with E-state index in [-0.39, 0.29) is 22.8 Å². The summed E-state index contributed by atoms with van der Waals surface area (Å²) in [6, 6.07) is 7.71. The van der Waals surface area contributed by atoms with E-state index in [2.05, 4.69) is 10.0 Å². The van der Waals surface area contributed by atoms with Crippen LogP contribution < -0.4 is 10.0 Å². The van der Waals surface area contributed by atoms with Crippen LogP contribution >= 0.6 is 0 Å². The summed E-state index contributed by atoms with van der Waals surface area (Å²) < 4.78 is 27.7. The monoisotopic (exact) mass is 376 g/mol. The average Bonchev–Trinajstić information content (AvgIpc) is 2.68. The Morgan fingerprint density at radius 2 is 1.73 bits per heavy atom. The fraction of sp³-hybridized carbons (Fsp3) is 0.556. The second kappa shape index (κ2) is 8.16. The van der Waals surface area contributed by atoms with E-state index in [0.29, 0.717) is 31.2 Å². The van der Waals surface area contributed by atoms with E-state index in [4.69, 9.17) is 5.26 Å². The minimum Gasteiger partial charge on any atom is -0.340 e. The first-order valence-electron chi connectivity index (χ1n) is 9.01. The summed E-state index contributed by atoms with van der Waals surface area (Å²) >= 11 is 0. The molecular weight excluding hydrogens is 352 g/mol. The number of nitrogens with one attached hydrogen (secondary N) is 2. The molecule has 7 nitrogen and oxygen atoms in total. The lowest BCUT2D eigenvalue weighted by atomic mass is 9.85. The highest BCUT2D eigenvalue weighted by Gasteiger charge is 2.31. The Hall–Kier alpha value is -1.95. The average molecular weight is 376 g/mol. The lowest BCUT2D eigenvalue weighted by Gasteiger charge is -2.34. The summed E-state index contributed by atoms with van der Waals surface area (Å²) in [4.78, 5) is 14.6.